The van der Waals surface area contributed by atoms with Gasteiger partial charge in [0.25, 0.3) is 0 Å². The molecule has 0 aliphatic heterocycles. The van der Waals surface area contributed by atoms with E-state index in [9.17, 15) is 26.3 Å². The van der Waals surface area contributed by atoms with Gasteiger partial charge in [-0.05, 0) is 28.2 Å². The van der Waals surface area contributed by atoms with Gasteiger partial charge in [-0.2, -0.15) is 13.2 Å². The van der Waals surface area contributed by atoms with Crippen molar-refractivity contribution >= 4 is 38.5 Å². The van der Waals surface area contributed by atoms with Crippen molar-refractivity contribution in [3.8, 4) is 5.88 Å². The van der Waals surface area contributed by atoms with Crippen molar-refractivity contribution in [1.29, 1.82) is 0 Å². The highest BCUT2D eigenvalue weighted by molar-refractivity contribution is 14.1. The molecular weight excluding hydrogens is 447 g/mol. The van der Waals surface area contributed by atoms with Crippen molar-refractivity contribution in [3.63, 3.8) is 0 Å². The zero-order valence-corrected chi connectivity index (χ0v) is 11.9. The Bertz CT molecular complexity index is 446. The van der Waals surface area contributed by atoms with E-state index >= 15 is 0 Å². The second-order valence-corrected chi connectivity index (χ2v) is 4.55. The maximum Gasteiger partial charge on any atom is 0.574 e. The highest BCUT2D eigenvalue weighted by Crippen LogP contribution is 2.37. The van der Waals surface area contributed by atoms with Crippen LogP contribution in [0.1, 0.15) is 11.1 Å². The summed E-state index contributed by atoms with van der Waals surface area (Å²) in [6, 6.07) is 0.604. The molecule has 1 heterocycles. The van der Waals surface area contributed by atoms with Crippen LogP contribution in [0.4, 0.5) is 26.3 Å². The van der Waals surface area contributed by atoms with E-state index < -0.39 is 27.7 Å². The first-order chi connectivity index (χ1) is 8.04. The van der Waals surface area contributed by atoms with Gasteiger partial charge >= 0.3 is 12.5 Å². The van der Waals surface area contributed by atoms with E-state index in [1.165, 1.54) is 22.6 Å². The second-order valence-electron chi connectivity index (χ2n) is 2.96. The molecule has 0 unspecified atom stereocenters. The van der Waals surface area contributed by atoms with Gasteiger partial charge < -0.3 is 4.74 Å². The van der Waals surface area contributed by atoms with Crippen LogP contribution in [0.3, 0.4) is 0 Å². The van der Waals surface area contributed by atoms with Gasteiger partial charge in [0.1, 0.15) is 3.70 Å². The zero-order valence-electron chi connectivity index (χ0n) is 8.16. The molecule has 0 saturated heterocycles. The molecule has 0 amide bonds. The van der Waals surface area contributed by atoms with Crippen LogP contribution < -0.4 is 4.74 Å². The Morgan fingerprint density at radius 2 is 1.78 bits per heavy atom. The molecule has 0 saturated carbocycles. The Balaban J connectivity index is 3.28. The summed E-state index contributed by atoms with van der Waals surface area (Å²) in [6.07, 6.45) is -9.69. The first-order valence-electron chi connectivity index (χ1n) is 4.13. The molecule has 0 aliphatic carbocycles. The number of ether oxygens (including phenoxy) is 1. The lowest BCUT2D eigenvalue weighted by molar-refractivity contribution is -0.276. The Kier molecular flexibility index (Phi) is 4.73. The summed E-state index contributed by atoms with van der Waals surface area (Å²) in [5, 5.41) is -0.269. The summed E-state index contributed by atoms with van der Waals surface area (Å²) < 4.78 is 76.6. The van der Waals surface area contributed by atoms with E-state index in [0.717, 1.165) is 0 Å². The molecule has 0 fully saturated rings. The van der Waals surface area contributed by atoms with Crippen LogP contribution >= 0.6 is 38.5 Å². The minimum absolute atomic E-state index is 0.269. The van der Waals surface area contributed by atoms with Gasteiger partial charge in [0, 0.05) is 11.4 Å². The van der Waals surface area contributed by atoms with Gasteiger partial charge in [0.05, 0.1) is 5.56 Å². The molecule has 0 radical (unpaired) electrons. The van der Waals surface area contributed by atoms with Crippen molar-refractivity contribution in [2.24, 2.45) is 0 Å². The average Bonchev–Trinajstić information content (AvgIpc) is 2.11. The van der Waals surface area contributed by atoms with Crippen LogP contribution in [0.2, 0.25) is 0 Å². The van der Waals surface area contributed by atoms with Gasteiger partial charge in [-0.1, -0.05) is 15.9 Å². The summed E-state index contributed by atoms with van der Waals surface area (Å²) in [5.41, 5.74) is -1.45. The number of nitrogens with zero attached hydrogens (tertiary/aromatic N) is 1. The Morgan fingerprint density at radius 3 is 2.17 bits per heavy atom. The zero-order chi connectivity index (χ0) is 14.1. The van der Waals surface area contributed by atoms with Gasteiger partial charge in [-0.15, -0.1) is 13.2 Å². The molecule has 1 rings (SSSR count). The van der Waals surface area contributed by atoms with Gasteiger partial charge in [0.2, 0.25) is 5.88 Å². The SMILES string of the molecule is FC(F)(F)Oc1cc(CBr)c(C(F)(F)F)c(I)n1. The van der Waals surface area contributed by atoms with Crippen molar-refractivity contribution in [2.75, 3.05) is 0 Å². The topological polar surface area (TPSA) is 22.1 Å². The second kappa shape index (κ2) is 5.39. The van der Waals surface area contributed by atoms with E-state index in [4.69, 9.17) is 0 Å². The highest BCUT2D eigenvalue weighted by atomic mass is 127. The number of hydrogen-bond acceptors (Lipinski definition) is 2. The van der Waals surface area contributed by atoms with E-state index in [2.05, 4.69) is 25.7 Å². The molecule has 0 atom stereocenters. The van der Waals surface area contributed by atoms with Crippen LogP contribution in [-0.4, -0.2) is 11.3 Å². The summed E-state index contributed by atoms with van der Waals surface area (Å²) in [7, 11) is 0. The molecule has 10 heteroatoms. The predicted octanol–water partition coefficient (Wildman–Crippen LogP) is 4.50. The largest absolute Gasteiger partial charge is 0.574 e. The molecule has 102 valence electrons. The van der Waals surface area contributed by atoms with Crippen LogP contribution in [0.5, 0.6) is 5.88 Å². The quantitative estimate of drug-likeness (QED) is 0.287. The third-order valence-electron chi connectivity index (χ3n) is 1.68. The lowest BCUT2D eigenvalue weighted by Gasteiger charge is -2.15. The van der Waals surface area contributed by atoms with Crippen molar-refractivity contribution in [2.45, 2.75) is 17.9 Å². The van der Waals surface area contributed by atoms with E-state index in [1.54, 1.807) is 0 Å². The summed E-state index contributed by atoms with van der Waals surface area (Å²) in [4.78, 5) is 3.14. The Labute approximate surface area is 119 Å². The molecule has 1 aromatic rings. The number of alkyl halides is 7. The lowest BCUT2D eigenvalue weighted by atomic mass is 10.1. The molecule has 0 aliphatic rings. The molecule has 18 heavy (non-hydrogen) atoms. The van der Waals surface area contributed by atoms with Gasteiger partial charge in [0.15, 0.2) is 0 Å². The Hall–Kier alpha value is -0.260. The fourth-order valence-electron chi connectivity index (χ4n) is 1.11. The van der Waals surface area contributed by atoms with Crippen LogP contribution in [0.25, 0.3) is 0 Å². The maximum absolute atomic E-state index is 12.6. The minimum Gasteiger partial charge on any atom is -0.388 e. The van der Waals surface area contributed by atoms with Crippen LogP contribution in [-0.2, 0) is 11.5 Å². The molecule has 0 N–H and O–H groups in total. The molecule has 1 aromatic heterocycles. The number of halogens is 8. The maximum atomic E-state index is 12.6. The number of hydrogen-bond donors (Lipinski definition) is 0. The number of rotatable bonds is 2. The monoisotopic (exact) mass is 449 g/mol. The standard InChI is InChI=1S/C8H3BrF6INO/c9-2-3-1-4(18-8(13,14)15)17-6(16)5(3)7(10,11)12/h1H,2H2. The first kappa shape index (κ1) is 15.8. The van der Waals surface area contributed by atoms with E-state index in [-0.39, 0.29) is 10.9 Å². The Morgan fingerprint density at radius 1 is 1.22 bits per heavy atom. The summed E-state index contributed by atoms with van der Waals surface area (Å²) in [5.74, 6) is -0.922. The van der Waals surface area contributed by atoms with Crippen molar-refractivity contribution in [1.82, 2.24) is 4.98 Å². The third kappa shape index (κ3) is 4.14. The van der Waals surface area contributed by atoms with Gasteiger partial charge in [-0.3, -0.25) is 0 Å². The van der Waals surface area contributed by atoms with Crippen molar-refractivity contribution in [3.05, 3.63) is 20.9 Å². The smallest absolute Gasteiger partial charge is 0.388 e. The highest BCUT2D eigenvalue weighted by Gasteiger charge is 2.38. The first-order valence-corrected chi connectivity index (χ1v) is 6.33. The molecule has 0 spiro atoms. The van der Waals surface area contributed by atoms with Crippen molar-refractivity contribution < 1.29 is 31.1 Å². The fraction of sp³-hybridized carbons (Fsp3) is 0.375. The molecule has 2 nitrogen and oxygen atoms in total. The number of aromatic nitrogens is 1. The molecular formula is C8H3BrF6INO. The average molecular weight is 450 g/mol. The molecule has 0 bridgehead atoms. The van der Waals surface area contributed by atoms with E-state index in [0.29, 0.717) is 6.07 Å². The predicted molar refractivity (Wildman–Crippen MR) is 61.3 cm³/mol. The minimum atomic E-state index is -5.00. The van der Waals surface area contributed by atoms with Gasteiger partial charge in [-0.25, -0.2) is 4.98 Å². The fourth-order valence-corrected chi connectivity index (χ4v) is 2.45. The van der Waals surface area contributed by atoms with Crippen LogP contribution in [0.15, 0.2) is 6.07 Å². The van der Waals surface area contributed by atoms with Crippen LogP contribution in [0, 0.1) is 3.70 Å². The summed E-state index contributed by atoms with van der Waals surface area (Å²) in [6.45, 7) is 0. The summed E-state index contributed by atoms with van der Waals surface area (Å²) >= 11 is 3.99. The number of pyridine rings is 1. The normalized spacial score (nSPS) is 12.7. The van der Waals surface area contributed by atoms with E-state index in [1.807, 2.05) is 0 Å². The lowest BCUT2D eigenvalue weighted by Crippen LogP contribution is -2.20. The molecule has 0 aromatic carbocycles. The third-order valence-corrected chi connectivity index (χ3v) is 3.07.